The molecule has 2 aromatic carbocycles. The van der Waals surface area contributed by atoms with Gasteiger partial charge in [-0.3, -0.25) is 4.79 Å². The van der Waals surface area contributed by atoms with E-state index in [0.717, 1.165) is 31.4 Å². The zero-order valence-corrected chi connectivity index (χ0v) is 17.0. The van der Waals surface area contributed by atoms with Crippen LogP contribution in [-0.2, 0) is 12.8 Å². The van der Waals surface area contributed by atoms with Crippen LogP contribution in [-0.4, -0.2) is 17.0 Å². The predicted molar refractivity (Wildman–Crippen MR) is 116 cm³/mol. The van der Waals surface area contributed by atoms with E-state index in [-0.39, 0.29) is 11.7 Å². The summed E-state index contributed by atoms with van der Waals surface area (Å²) in [5.41, 5.74) is 11.2. The summed E-state index contributed by atoms with van der Waals surface area (Å²) in [6, 6.07) is 12.2. The normalized spacial score (nSPS) is 17.2. The standard InChI is InChI=1S/C24H28FN3O/c1-3-15(2)28-22-10-4-16(14-26)12-20(22)21-13-19(9-11-23(21)28)27-24(29)17-5-7-18(25)8-6-17/h5-9,11,13,15-16H,3-4,10,12,14,26H2,1-2H3,(H,27,29). The van der Waals surface area contributed by atoms with Gasteiger partial charge < -0.3 is 15.6 Å². The van der Waals surface area contributed by atoms with Gasteiger partial charge in [-0.25, -0.2) is 4.39 Å². The Morgan fingerprint density at radius 2 is 2.03 bits per heavy atom. The number of carbonyl (C=O) groups is 1. The van der Waals surface area contributed by atoms with E-state index in [1.165, 1.54) is 46.4 Å². The van der Waals surface area contributed by atoms with Crippen molar-refractivity contribution in [2.75, 3.05) is 11.9 Å². The molecule has 0 saturated carbocycles. The summed E-state index contributed by atoms with van der Waals surface area (Å²) in [6.45, 7) is 5.18. The molecule has 1 aliphatic rings. The highest BCUT2D eigenvalue weighted by molar-refractivity contribution is 6.05. The van der Waals surface area contributed by atoms with Crippen LogP contribution in [0.2, 0.25) is 0 Å². The van der Waals surface area contributed by atoms with E-state index in [1.807, 2.05) is 6.07 Å². The van der Waals surface area contributed by atoms with Crippen LogP contribution < -0.4 is 11.1 Å². The Bertz CT molecular complexity index is 1040. The number of amides is 1. The van der Waals surface area contributed by atoms with E-state index < -0.39 is 0 Å². The molecule has 2 atom stereocenters. The summed E-state index contributed by atoms with van der Waals surface area (Å²) in [5, 5.41) is 4.16. The van der Waals surface area contributed by atoms with Crippen LogP contribution in [0.25, 0.3) is 10.9 Å². The average Bonchev–Trinajstić information content (AvgIpc) is 3.06. The molecule has 29 heavy (non-hydrogen) atoms. The van der Waals surface area contributed by atoms with Crippen molar-refractivity contribution in [1.29, 1.82) is 0 Å². The second-order valence-corrected chi connectivity index (χ2v) is 8.09. The molecule has 5 heteroatoms. The Kier molecular flexibility index (Phi) is 5.41. The second-order valence-electron chi connectivity index (χ2n) is 8.09. The molecule has 1 heterocycles. The summed E-state index contributed by atoms with van der Waals surface area (Å²) in [4.78, 5) is 12.6. The maximum Gasteiger partial charge on any atom is 0.255 e. The van der Waals surface area contributed by atoms with Gasteiger partial charge >= 0.3 is 0 Å². The Labute approximate surface area is 170 Å². The molecule has 2 unspecified atom stereocenters. The second kappa shape index (κ2) is 7.99. The van der Waals surface area contributed by atoms with Crippen molar-refractivity contribution < 1.29 is 9.18 Å². The van der Waals surface area contributed by atoms with Crippen LogP contribution in [0, 0.1) is 11.7 Å². The Morgan fingerprint density at radius 1 is 1.28 bits per heavy atom. The number of hydrogen-bond donors (Lipinski definition) is 2. The number of hydrogen-bond acceptors (Lipinski definition) is 2. The lowest BCUT2D eigenvalue weighted by Gasteiger charge is -2.24. The summed E-state index contributed by atoms with van der Waals surface area (Å²) in [6.07, 6.45) is 4.23. The van der Waals surface area contributed by atoms with Gasteiger partial charge in [-0.1, -0.05) is 6.92 Å². The van der Waals surface area contributed by atoms with Crippen LogP contribution in [0.5, 0.6) is 0 Å². The summed E-state index contributed by atoms with van der Waals surface area (Å²) in [7, 11) is 0. The van der Waals surface area contributed by atoms with Crippen molar-refractivity contribution in [3.8, 4) is 0 Å². The number of nitrogens with two attached hydrogens (primary N) is 1. The third-order valence-electron chi connectivity index (χ3n) is 6.23. The van der Waals surface area contributed by atoms with E-state index in [9.17, 15) is 9.18 Å². The topological polar surface area (TPSA) is 60.0 Å². The van der Waals surface area contributed by atoms with E-state index in [0.29, 0.717) is 24.1 Å². The first kappa shape index (κ1) is 19.6. The highest BCUT2D eigenvalue weighted by Crippen LogP contribution is 2.38. The van der Waals surface area contributed by atoms with Crippen molar-refractivity contribution in [1.82, 2.24) is 4.57 Å². The molecule has 4 rings (SSSR count). The van der Waals surface area contributed by atoms with Crippen molar-refractivity contribution >= 4 is 22.5 Å². The molecular formula is C24H28FN3O. The average molecular weight is 394 g/mol. The first-order valence-electron chi connectivity index (χ1n) is 10.4. The highest BCUT2D eigenvalue weighted by atomic mass is 19.1. The first-order valence-corrected chi connectivity index (χ1v) is 10.4. The summed E-state index contributed by atoms with van der Waals surface area (Å²) >= 11 is 0. The molecule has 0 radical (unpaired) electrons. The molecule has 3 aromatic rings. The fraction of sp³-hybridized carbons (Fsp3) is 0.375. The van der Waals surface area contributed by atoms with Gasteiger partial charge in [0.25, 0.3) is 5.91 Å². The van der Waals surface area contributed by atoms with E-state index in [1.54, 1.807) is 0 Å². The lowest BCUT2D eigenvalue weighted by atomic mass is 9.86. The summed E-state index contributed by atoms with van der Waals surface area (Å²) in [5.74, 6) is -0.0780. The number of fused-ring (bicyclic) bond motifs is 3. The fourth-order valence-electron chi connectivity index (χ4n) is 4.43. The lowest BCUT2D eigenvalue weighted by Crippen LogP contribution is -2.23. The van der Waals surface area contributed by atoms with Crippen LogP contribution in [0.3, 0.4) is 0 Å². The number of carbonyl (C=O) groups excluding carboxylic acids is 1. The molecule has 0 aliphatic heterocycles. The Hall–Kier alpha value is -2.66. The molecular weight excluding hydrogens is 365 g/mol. The van der Waals surface area contributed by atoms with Crippen molar-refractivity contribution in [3.63, 3.8) is 0 Å². The quantitative estimate of drug-likeness (QED) is 0.636. The molecule has 0 saturated heterocycles. The number of rotatable bonds is 5. The SMILES string of the molecule is CCC(C)n1c2c(c3cc(NC(=O)c4ccc(F)cc4)ccc31)CC(CN)CC2. The van der Waals surface area contributed by atoms with Crippen molar-refractivity contribution in [2.45, 2.75) is 45.6 Å². The molecule has 4 nitrogen and oxygen atoms in total. The molecule has 3 N–H and O–H groups in total. The predicted octanol–water partition coefficient (Wildman–Crippen LogP) is 5.07. The van der Waals surface area contributed by atoms with E-state index >= 15 is 0 Å². The minimum absolute atomic E-state index is 0.237. The Morgan fingerprint density at radius 3 is 2.72 bits per heavy atom. The fourth-order valence-corrected chi connectivity index (χ4v) is 4.43. The third-order valence-corrected chi connectivity index (χ3v) is 6.23. The summed E-state index contributed by atoms with van der Waals surface area (Å²) < 4.78 is 15.6. The number of benzene rings is 2. The maximum absolute atomic E-state index is 13.1. The smallest absolute Gasteiger partial charge is 0.255 e. The van der Waals surface area contributed by atoms with Crippen LogP contribution in [0.15, 0.2) is 42.5 Å². The Balaban J connectivity index is 1.73. The molecule has 0 spiro atoms. The van der Waals surface area contributed by atoms with Gasteiger partial charge in [0.15, 0.2) is 0 Å². The van der Waals surface area contributed by atoms with Crippen molar-refractivity contribution in [2.24, 2.45) is 11.7 Å². The highest BCUT2D eigenvalue weighted by Gasteiger charge is 2.26. The molecule has 0 fully saturated rings. The van der Waals surface area contributed by atoms with E-state index in [4.69, 9.17) is 5.73 Å². The molecule has 152 valence electrons. The van der Waals surface area contributed by atoms with E-state index in [2.05, 4.69) is 35.9 Å². The van der Waals surface area contributed by atoms with Crippen molar-refractivity contribution in [3.05, 3.63) is 65.1 Å². The number of anilines is 1. The minimum atomic E-state index is -0.351. The van der Waals surface area contributed by atoms with Crippen LogP contribution >= 0.6 is 0 Å². The van der Waals surface area contributed by atoms with Crippen LogP contribution in [0.1, 0.15) is 54.3 Å². The number of aromatic nitrogens is 1. The molecule has 0 bridgehead atoms. The lowest BCUT2D eigenvalue weighted by molar-refractivity contribution is 0.102. The van der Waals surface area contributed by atoms with Gasteiger partial charge in [0, 0.05) is 33.9 Å². The molecule has 1 amide bonds. The molecule has 1 aliphatic carbocycles. The minimum Gasteiger partial charge on any atom is -0.342 e. The zero-order valence-electron chi connectivity index (χ0n) is 17.0. The maximum atomic E-state index is 13.1. The van der Waals surface area contributed by atoms with Crippen LogP contribution in [0.4, 0.5) is 10.1 Å². The van der Waals surface area contributed by atoms with Gasteiger partial charge in [0.1, 0.15) is 5.82 Å². The number of nitrogens with zero attached hydrogens (tertiary/aromatic N) is 1. The first-order chi connectivity index (χ1) is 14.0. The number of nitrogens with one attached hydrogen (secondary N) is 1. The van der Waals surface area contributed by atoms with Gasteiger partial charge in [-0.15, -0.1) is 0 Å². The number of halogens is 1. The van der Waals surface area contributed by atoms with Gasteiger partial charge in [-0.05, 0) is 93.1 Å². The van der Waals surface area contributed by atoms with Gasteiger partial charge in [0.05, 0.1) is 0 Å². The molecule has 1 aromatic heterocycles. The third kappa shape index (κ3) is 3.67. The zero-order chi connectivity index (χ0) is 20.5. The van der Waals surface area contributed by atoms with Gasteiger partial charge in [-0.2, -0.15) is 0 Å². The van der Waals surface area contributed by atoms with Gasteiger partial charge in [0.2, 0.25) is 0 Å². The monoisotopic (exact) mass is 393 g/mol. The largest absolute Gasteiger partial charge is 0.342 e.